The molecule has 1 heterocycles. The van der Waals surface area contributed by atoms with Crippen molar-refractivity contribution in [3.05, 3.63) is 11.9 Å². The molecular weight excluding hydrogens is 252 g/mol. The number of hydrazine groups is 1. The molecule has 1 aromatic heterocycles. The zero-order valence-electron chi connectivity index (χ0n) is 12.1. The summed E-state index contributed by atoms with van der Waals surface area (Å²) in [6.45, 7) is 2.26. The van der Waals surface area contributed by atoms with Crippen molar-refractivity contribution in [2.75, 3.05) is 5.43 Å². The maximum atomic E-state index is 6.10. The Balaban J connectivity index is 1.71. The molecule has 3 N–H and O–H groups in total. The van der Waals surface area contributed by atoms with Gasteiger partial charge in [0.2, 0.25) is 5.88 Å². The van der Waals surface area contributed by atoms with Gasteiger partial charge in [0.1, 0.15) is 17.7 Å². The molecule has 0 radical (unpaired) electrons. The van der Waals surface area contributed by atoms with Gasteiger partial charge < -0.3 is 10.2 Å². The van der Waals surface area contributed by atoms with E-state index < -0.39 is 0 Å². The summed E-state index contributed by atoms with van der Waals surface area (Å²) in [5.74, 6) is 8.99. The molecule has 0 saturated heterocycles. The largest absolute Gasteiger partial charge is 0.474 e. The zero-order chi connectivity index (χ0) is 13.9. The van der Waals surface area contributed by atoms with Gasteiger partial charge in [-0.1, -0.05) is 19.8 Å². The number of hydrogen-bond acceptors (Lipinski definition) is 5. The summed E-state index contributed by atoms with van der Waals surface area (Å²) < 4.78 is 6.10. The Morgan fingerprint density at radius 3 is 2.85 bits per heavy atom. The van der Waals surface area contributed by atoms with Crippen molar-refractivity contribution in [2.45, 2.75) is 63.9 Å². The molecule has 2 aliphatic rings. The lowest BCUT2D eigenvalue weighted by molar-refractivity contribution is 0.116. The van der Waals surface area contributed by atoms with Crippen LogP contribution >= 0.6 is 0 Å². The van der Waals surface area contributed by atoms with E-state index >= 15 is 0 Å². The fraction of sp³-hybridized carbons (Fsp3) is 0.733. The van der Waals surface area contributed by atoms with Crippen molar-refractivity contribution < 1.29 is 4.74 Å². The molecule has 2 saturated carbocycles. The van der Waals surface area contributed by atoms with Gasteiger partial charge in [0.05, 0.1) is 0 Å². The fourth-order valence-electron chi connectivity index (χ4n) is 2.99. The van der Waals surface area contributed by atoms with Gasteiger partial charge in [-0.05, 0) is 38.0 Å². The maximum Gasteiger partial charge on any atom is 0.219 e. The molecule has 0 aliphatic heterocycles. The molecule has 0 amide bonds. The van der Waals surface area contributed by atoms with Crippen LogP contribution < -0.4 is 16.0 Å². The average Bonchev–Trinajstić information content (AvgIpc) is 3.31. The van der Waals surface area contributed by atoms with Crippen LogP contribution in [0.3, 0.4) is 0 Å². The zero-order valence-corrected chi connectivity index (χ0v) is 12.1. The summed E-state index contributed by atoms with van der Waals surface area (Å²) in [6, 6.07) is 1.81. The number of aromatic nitrogens is 2. The first kappa shape index (κ1) is 13.6. The number of nitrogen functional groups attached to an aromatic ring is 1. The Hall–Kier alpha value is -1.36. The van der Waals surface area contributed by atoms with Crippen molar-refractivity contribution in [1.82, 2.24) is 9.97 Å². The predicted octanol–water partition coefficient (Wildman–Crippen LogP) is 2.99. The van der Waals surface area contributed by atoms with Crippen LogP contribution in [0.4, 0.5) is 5.82 Å². The lowest BCUT2D eigenvalue weighted by Gasteiger charge is -2.28. The third-order valence-electron chi connectivity index (χ3n) is 4.41. The molecule has 2 unspecified atom stereocenters. The van der Waals surface area contributed by atoms with Crippen molar-refractivity contribution >= 4 is 5.82 Å². The normalized spacial score (nSPS) is 26.3. The smallest absolute Gasteiger partial charge is 0.219 e. The van der Waals surface area contributed by atoms with Crippen molar-refractivity contribution in [1.29, 1.82) is 0 Å². The molecule has 2 aliphatic carbocycles. The van der Waals surface area contributed by atoms with Crippen LogP contribution in [0, 0.1) is 5.92 Å². The van der Waals surface area contributed by atoms with Crippen molar-refractivity contribution in [3.63, 3.8) is 0 Å². The quantitative estimate of drug-likeness (QED) is 0.639. The van der Waals surface area contributed by atoms with Gasteiger partial charge >= 0.3 is 0 Å². The maximum absolute atomic E-state index is 6.10. The van der Waals surface area contributed by atoms with Crippen molar-refractivity contribution in [2.24, 2.45) is 11.8 Å². The molecular formula is C15H24N4O. The van der Waals surface area contributed by atoms with Gasteiger partial charge in [0.25, 0.3) is 0 Å². The van der Waals surface area contributed by atoms with Gasteiger partial charge in [0.15, 0.2) is 0 Å². The van der Waals surface area contributed by atoms with E-state index in [1.807, 2.05) is 0 Å². The second kappa shape index (κ2) is 5.95. The molecule has 0 aromatic carbocycles. The first-order valence-corrected chi connectivity index (χ1v) is 7.80. The molecule has 0 bridgehead atoms. The summed E-state index contributed by atoms with van der Waals surface area (Å²) in [5.41, 5.74) is 2.62. The van der Waals surface area contributed by atoms with Gasteiger partial charge in [-0.25, -0.2) is 10.8 Å². The monoisotopic (exact) mass is 276 g/mol. The summed E-state index contributed by atoms with van der Waals surface area (Å²) in [4.78, 5) is 8.97. The molecule has 0 spiro atoms. The number of nitrogens with two attached hydrogens (primary N) is 1. The van der Waals surface area contributed by atoms with E-state index in [1.54, 1.807) is 6.07 Å². The topological polar surface area (TPSA) is 73.1 Å². The molecule has 20 heavy (non-hydrogen) atoms. The predicted molar refractivity (Wildman–Crippen MR) is 78.5 cm³/mol. The first-order chi connectivity index (χ1) is 9.78. The van der Waals surface area contributed by atoms with Gasteiger partial charge in [-0.3, -0.25) is 0 Å². The van der Waals surface area contributed by atoms with E-state index in [1.165, 1.54) is 32.1 Å². The first-order valence-electron chi connectivity index (χ1n) is 7.80. The Bertz CT molecular complexity index is 461. The molecule has 2 atom stereocenters. The van der Waals surface area contributed by atoms with Crippen LogP contribution in [0.2, 0.25) is 0 Å². The third-order valence-corrected chi connectivity index (χ3v) is 4.41. The summed E-state index contributed by atoms with van der Waals surface area (Å²) >= 11 is 0. The number of nitrogens with zero attached hydrogens (tertiary/aromatic N) is 2. The Kier molecular flexibility index (Phi) is 4.05. The lowest BCUT2D eigenvalue weighted by Crippen LogP contribution is -2.25. The summed E-state index contributed by atoms with van der Waals surface area (Å²) in [6.07, 6.45) is 8.75. The standard InChI is InChI=1S/C15H24N4O/c1-2-10-4-3-5-12(8-10)20-14-9-13(19-16)17-15(18-14)11-6-7-11/h9-12H,2-8,16H2,1H3,(H,17,18,19). The highest BCUT2D eigenvalue weighted by atomic mass is 16.5. The summed E-state index contributed by atoms with van der Waals surface area (Å²) in [5, 5.41) is 0. The van der Waals surface area contributed by atoms with E-state index in [0.717, 1.165) is 24.6 Å². The van der Waals surface area contributed by atoms with Gasteiger partial charge in [0, 0.05) is 12.0 Å². The SMILES string of the molecule is CCC1CCCC(Oc2cc(NN)nc(C3CC3)n2)C1. The van der Waals surface area contributed by atoms with E-state index in [9.17, 15) is 0 Å². The minimum atomic E-state index is 0.293. The van der Waals surface area contributed by atoms with Crippen LogP contribution in [0.5, 0.6) is 5.88 Å². The van der Waals surface area contributed by atoms with Crippen LogP contribution in [-0.4, -0.2) is 16.1 Å². The Morgan fingerprint density at radius 2 is 2.15 bits per heavy atom. The highest BCUT2D eigenvalue weighted by Gasteiger charge is 2.28. The van der Waals surface area contributed by atoms with E-state index in [4.69, 9.17) is 10.6 Å². The Labute approximate surface area is 120 Å². The number of ether oxygens (including phenoxy) is 1. The van der Waals surface area contributed by atoms with E-state index in [2.05, 4.69) is 22.3 Å². The molecule has 110 valence electrons. The molecule has 5 heteroatoms. The minimum absolute atomic E-state index is 0.293. The van der Waals surface area contributed by atoms with Gasteiger partial charge in [-0.15, -0.1) is 0 Å². The second-order valence-corrected chi connectivity index (χ2v) is 6.05. The molecule has 3 rings (SSSR count). The van der Waals surface area contributed by atoms with E-state index in [-0.39, 0.29) is 0 Å². The van der Waals surface area contributed by atoms with Crippen LogP contribution in [0.25, 0.3) is 0 Å². The van der Waals surface area contributed by atoms with Crippen LogP contribution in [-0.2, 0) is 0 Å². The average molecular weight is 276 g/mol. The molecule has 1 aromatic rings. The third kappa shape index (κ3) is 3.20. The highest BCUT2D eigenvalue weighted by molar-refractivity contribution is 5.38. The number of anilines is 1. The van der Waals surface area contributed by atoms with Crippen molar-refractivity contribution in [3.8, 4) is 5.88 Å². The number of hydrogen-bond donors (Lipinski definition) is 2. The second-order valence-electron chi connectivity index (χ2n) is 6.05. The molecule has 5 nitrogen and oxygen atoms in total. The number of rotatable bonds is 5. The van der Waals surface area contributed by atoms with E-state index in [0.29, 0.717) is 23.7 Å². The minimum Gasteiger partial charge on any atom is -0.474 e. The van der Waals surface area contributed by atoms with Gasteiger partial charge in [-0.2, -0.15) is 4.98 Å². The highest BCUT2D eigenvalue weighted by Crippen LogP contribution is 2.39. The lowest BCUT2D eigenvalue weighted by atomic mass is 9.85. The van der Waals surface area contributed by atoms with Crippen LogP contribution in [0.15, 0.2) is 6.07 Å². The molecule has 2 fully saturated rings. The fourth-order valence-corrected chi connectivity index (χ4v) is 2.99. The van der Waals surface area contributed by atoms with Crippen LogP contribution in [0.1, 0.15) is 63.6 Å². The summed E-state index contributed by atoms with van der Waals surface area (Å²) in [7, 11) is 0. The number of nitrogens with one attached hydrogen (secondary N) is 1. The Morgan fingerprint density at radius 1 is 1.30 bits per heavy atom.